The van der Waals surface area contributed by atoms with Gasteiger partial charge in [0, 0.05) is 25.4 Å². The van der Waals surface area contributed by atoms with Gasteiger partial charge in [-0.2, -0.15) is 0 Å². The SMILES string of the molecule is CNc1cc([C@@H]2CCCN2C(=O)Cc2c(C)noc2C)ccn1. The molecule has 0 unspecified atom stereocenters. The van der Waals surface area contributed by atoms with Crippen molar-refractivity contribution < 1.29 is 9.32 Å². The van der Waals surface area contributed by atoms with Crippen LogP contribution < -0.4 is 5.32 Å². The summed E-state index contributed by atoms with van der Waals surface area (Å²) in [7, 11) is 1.85. The van der Waals surface area contributed by atoms with E-state index in [-0.39, 0.29) is 11.9 Å². The first kappa shape index (κ1) is 15.5. The van der Waals surface area contributed by atoms with Gasteiger partial charge in [-0.05, 0) is 44.4 Å². The maximum atomic E-state index is 12.8. The fourth-order valence-corrected chi connectivity index (χ4v) is 3.21. The smallest absolute Gasteiger partial charge is 0.227 e. The van der Waals surface area contributed by atoms with E-state index < -0.39 is 0 Å². The number of carbonyl (C=O) groups excluding carboxylic acids is 1. The molecule has 0 saturated carbocycles. The van der Waals surface area contributed by atoms with E-state index in [1.165, 1.54) is 0 Å². The Morgan fingerprint density at radius 3 is 3.00 bits per heavy atom. The molecule has 23 heavy (non-hydrogen) atoms. The van der Waals surface area contributed by atoms with E-state index in [9.17, 15) is 4.79 Å². The van der Waals surface area contributed by atoms with Gasteiger partial charge in [-0.3, -0.25) is 4.79 Å². The molecule has 0 radical (unpaired) electrons. The molecule has 2 aromatic heterocycles. The van der Waals surface area contributed by atoms with Crippen LogP contribution in [0.25, 0.3) is 0 Å². The molecule has 6 nitrogen and oxygen atoms in total. The number of rotatable bonds is 4. The zero-order chi connectivity index (χ0) is 16.4. The predicted octanol–water partition coefficient (Wildman–Crippen LogP) is 2.63. The number of aryl methyl sites for hydroxylation is 2. The fourth-order valence-electron chi connectivity index (χ4n) is 3.21. The van der Waals surface area contributed by atoms with E-state index in [1.54, 1.807) is 6.20 Å². The van der Waals surface area contributed by atoms with E-state index >= 15 is 0 Å². The van der Waals surface area contributed by atoms with Crippen LogP contribution in [-0.2, 0) is 11.2 Å². The average molecular weight is 314 g/mol. The van der Waals surface area contributed by atoms with Crippen LogP contribution >= 0.6 is 0 Å². The Labute approximate surface area is 135 Å². The number of pyridine rings is 1. The van der Waals surface area contributed by atoms with Gasteiger partial charge in [-0.25, -0.2) is 4.98 Å². The molecule has 1 N–H and O–H groups in total. The molecule has 1 atom stereocenters. The summed E-state index contributed by atoms with van der Waals surface area (Å²) in [5, 5.41) is 6.98. The molecular formula is C17H22N4O2. The molecule has 122 valence electrons. The topological polar surface area (TPSA) is 71.3 Å². The Bertz CT molecular complexity index is 691. The van der Waals surface area contributed by atoms with Crippen molar-refractivity contribution >= 4 is 11.7 Å². The van der Waals surface area contributed by atoms with Gasteiger partial charge in [0.05, 0.1) is 18.2 Å². The summed E-state index contributed by atoms with van der Waals surface area (Å²) in [6, 6.07) is 4.14. The third-order valence-corrected chi connectivity index (χ3v) is 4.51. The molecule has 3 heterocycles. The van der Waals surface area contributed by atoms with Crippen LogP contribution in [0.1, 0.15) is 41.5 Å². The second-order valence-electron chi connectivity index (χ2n) is 5.95. The molecule has 1 aliphatic rings. The van der Waals surface area contributed by atoms with E-state index in [4.69, 9.17) is 4.52 Å². The van der Waals surface area contributed by atoms with E-state index in [0.29, 0.717) is 6.42 Å². The fraction of sp³-hybridized carbons (Fsp3) is 0.471. The minimum atomic E-state index is 0.123. The Kier molecular flexibility index (Phi) is 4.32. The number of nitrogens with one attached hydrogen (secondary N) is 1. The molecule has 1 amide bonds. The lowest BCUT2D eigenvalue weighted by molar-refractivity contribution is -0.131. The molecule has 0 aromatic carbocycles. The van der Waals surface area contributed by atoms with Crippen LogP contribution in [0.3, 0.4) is 0 Å². The lowest BCUT2D eigenvalue weighted by atomic mass is 10.0. The first-order chi connectivity index (χ1) is 11.1. The standard InChI is InChI=1S/C17H22N4O2/c1-11-14(12(2)23-20-11)10-17(22)21-8-4-5-15(21)13-6-7-19-16(9-13)18-3/h6-7,9,15H,4-5,8,10H2,1-3H3,(H,18,19)/t15-/m0/s1. The lowest BCUT2D eigenvalue weighted by Crippen LogP contribution is -2.32. The molecule has 3 rings (SSSR count). The third-order valence-electron chi connectivity index (χ3n) is 4.51. The summed E-state index contributed by atoms with van der Waals surface area (Å²) in [6.07, 6.45) is 4.15. The van der Waals surface area contributed by atoms with Gasteiger partial charge in [-0.15, -0.1) is 0 Å². The highest BCUT2D eigenvalue weighted by Gasteiger charge is 2.31. The van der Waals surface area contributed by atoms with Crippen molar-refractivity contribution in [2.24, 2.45) is 0 Å². The average Bonchev–Trinajstić information content (AvgIpc) is 3.17. The minimum absolute atomic E-state index is 0.123. The van der Waals surface area contributed by atoms with Gasteiger partial charge in [0.25, 0.3) is 0 Å². The summed E-state index contributed by atoms with van der Waals surface area (Å²) in [5.41, 5.74) is 2.84. The zero-order valence-electron chi connectivity index (χ0n) is 13.8. The largest absolute Gasteiger partial charge is 0.373 e. The predicted molar refractivity (Wildman–Crippen MR) is 87.2 cm³/mol. The number of carbonyl (C=O) groups is 1. The van der Waals surface area contributed by atoms with Crippen molar-refractivity contribution in [2.45, 2.75) is 39.2 Å². The van der Waals surface area contributed by atoms with Crippen molar-refractivity contribution in [3.05, 3.63) is 40.9 Å². The monoisotopic (exact) mass is 314 g/mol. The van der Waals surface area contributed by atoms with Gasteiger partial charge >= 0.3 is 0 Å². The van der Waals surface area contributed by atoms with Crippen LogP contribution in [0.5, 0.6) is 0 Å². The number of likely N-dealkylation sites (tertiary alicyclic amines) is 1. The van der Waals surface area contributed by atoms with Crippen molar-refractivity contribution in [3.63, 3.8) is 0 Å². The number of anilines is 1. The molecule has 1 aliphatic heterocycles. The normalized spacial score (nSPS) is 17.5. The second kappa shape index (κ2) is 6.40. The van der Waals surface area contributed by atoms with Crippen molar-refractivity contribution in [1.82, 2.24) is 15.0 Å². The maximum Gasteiger partial charge on any atom is 0.227 e. The number of nitrogens with zero attached hydrogens (tertiary/aromatic N) is 3. The van der Waals surface area contributed by atoms with Crippen molar-refractivity contribution in [3.8, 4) is 0 Å². The molecular weight excluding hydrogens is 292 g/mol. The van der Waals surface area contributed by atoms with Crippen LogP contribution in [0.15, 0.2) is 22.9 Å². The Morgan fingerprint density at radius 2 is 2.30 bits per heavy atom. The van der Waals surface area contributed by atoms with Gasteiger partial charge in [-0.1, -0.05) is 5.16 Å². The van der Waals surface area contributed by atoms with Gasteiger partial charge in [0.2, 0.25) is 5.91 Å². The highest BCUT2D eigenvalue weighted by molar-refractivity contribution is 5.80. The molecule has 0 aliphatic carbocycles. The van der Waals surface area contributed by atoms with Crippen LogP contribution in [-0.4, -0.2) is 34.5 Å². The number of hydrogen-bond donors (Lipinski definition) is 1. The molecule has 1 fully saturated rings. The van der Waals surface area contributed by atoms with Crippen LogP contribution in [0.4, 0.5) is 5.82 Å². The van der Waals surface area contributed by atoms with Gasteiger partial charge in [0.1, 0.15) is 11.6 Å². The third kappa shape index (κ3) is 3.06. The molecule has 0 bridgehead atoms. The minimum Gasteiger partial charge on any atom is -0.373 e. The number of hydrogen-bond acceptors (Lipinski definition) is 5. The summed E-state index contributed by atoms with van der Waals surface area (Å²) in [4.78, 5) is 19.0. The molecule has 0 spiro atoms. The summed E-state index contributed by atoms with van der Waals surface area (Å²) < 4.78 is 5.16. The van der Waals surface area contributed by atoms with Crippen LogP contribution in [0, 0.1) is 13.8 Å². The van der Waals surface area contributed by atoms with E-state index in [1.807, 2.05) is 37.9 Å². The maximum absolute atomic E-state index is 12.8. The summed E-state index contributed by atoms with van der Waals surface area (Å²) in [6.45, 7) is 4.53. The number of aromatic nitrogens is 2. The Morgan fingerprint density at radius 1 is 1.48 bits per heavy atom. The summed E-state index contributed by atoms with van der Waals surface area (Å²) in [5.74, 6) is 1.69. The van der Waals surface area contributed by atoms with Gasteiger partial charge < -0.3 is 14.7 Å². The van der Waals surface area contributed by atoms with E-state index in [0.717, 1.165) is 47.8 Å². The molecule has 6 heteroatoms. The van der Waals surface area contributed by atoms with Crippen LogP contribution in [0.2, 0.25) is 0 Å². The second-order valence-corrected chi connectivity index (χ2v) is 5.95. The number of amides is 1. The first-order valence-electron chi connectivity index (χ1n) is 7.95. The Balaban J connectivity index is 1.79. The van der Waals surface area contributed by atoms with Crippen molar-refractivity contribution in [2.75, 3.05) is 18.9 Å². The highest BCUT2D eigenvalue weighted by atomic mass is 16.5. The Hall–Kier alpha value is -2.37. The first-order valence-corrected chi connectivity index (χ1v) is 7.95. The highest BCUT2D eigenvalue weighted by Crippen LogP contribution is 2.33. The van der Waals surface area contributed by atoms with Gasteiger partial charge in [0.15, 0.2) is 0 Å². The quantitative estimate of drug-likeness (QED) is 0.939. The van der Waals surface area contributed by atoms with Crippen molar-refractivity contribution in [1.29, 1.82) is 0 Å². The van der Waals surface area contributed by atoms with E-state index in [2.05, 4.69) is 15.5 Å². The molecule has 1 saturated heterocycles. The molecule has 2 aromatic rings. The summed E-state index contributed by atoms with van der Waals surface area (Å²) >= 11 is 0. The lowest BCUT2D eigenvalue weighted by Gasteiger charge is -2.25. The zero-order valence-corrected chi connectivity index (χ0v) is 13.8.